The molecule has 2 heterocycles. The van der Waals surface area contributed by atoms with Gasteiger partial charge in [0.05, 0.1) is 6.54 Å². The molecule has 0 aliphatic heterocycles. The molecule has 1 amide bonds. The molecule has 0 radical (unpaired) electrons. The van der Waals surface area contributed by atoms with Gasteiger partial charge >= 0.3 is 0 Å². The van der Waals surface area contributed by atoms with Crippen LogP contribution in [0.5, 0.6) is 0 Å². The monoisotopic (exact) mass is 373 g/mol. The Morgan fingerprint density at radius 2 is 2.04 bits per heavy atom. The van der Waals surface area contributed by atoms with Crippen LogP contribution >= 0.6 is 24.8 Å². The van der Waals surface area contributed by atoms with Crippen molar-refractivity contribution in [2.24, 2.45) is 11.7 Å². The quantitative estimate of drug-likeness (QED) is 0.830. The van der Waals surface area contributed by atoms with Gasteiger partial charge in [0.2, 0.25) is 17.6 Å². The highest BCUT2D eigenvalue weighted by Crippen LogP contribution is 2.26. The molecular formula is C15H21Cl2N5O2. The van der Waals surface area contributed by atoms with E-state index in [1.807, 2.05) is 0 Å². The summed E-state index contributed by atoms with van der Waals surface area (Å²) in [6, 6.07) is 3.75. The maximum atomic E-state index is 11.9. The molecule has 1 aliphatic rings. The van der Waals surface area contributed by atoms with Crippen LogP contribution < -0.4 is 11.1 Å². The minimum Gasteiger partial charge on any atom is -0.347 e. The summed E-state index contributed by atoms with van der Waals surface area (Å²) < 4.78 is 5.14. The van der Waals surface area contributed by atoms with Crippen molar-refractivity contribution >= 4 is 30.7 Å². The number of nitrogens with one attached hydrogen (secondary N) is 1. The van der Waals surface area contributed by atoms with Gasteiger partial charge in [-0.3, -0.25) is 9.78 Å². The maximum Gasteiger partial charge on any atom is 0.246 e. The van der Waals surface area contributed by atoms with Gasteiger partial charge in [0.25, 0.3) is 0 Å². The van der Waals surface area contributed by atoms with Crippen LogP contribution in [0.4, 0.5) is 0 Å². The molecule has 132 valence electrons. The van der Waals surface area contributed by atoms with E-state index in [0.29, 0.717) is 18.1 Å². The Hall–Kier alpha value is -1.70. The third-order valence-electron chi connectivity index (χ3n) is 4.01. The van der Waals surface area contributed by atoms with Gasteiger partial charge < -0.3 is 15.6 Å². The molecule has 1 aliphatic carbocycles. The first-order valence-corrected chi connectivity index (χ1v) is 7.47. The van der Waals surface area contributed by atoms with E-state index in [1.165, 1.54) is 0 Å². The van der Waals surface area contributed by atoms with Gasteiger partial charge in [-0.15, -0.1) is 24.8 Å². The van der Waals surface area contributed by atoms with Crippen molar-refractivity contribution in [2.75, 3.05) is 0 Å². The maximum absolute atomic E-state index is 11.9. The van der Waals surface area contributed by atoms with Crippen LogP contribution in [0, 0.1) is 5.92 Å². The van der Waals surface area contributed by atoms with Crippen LogP contribution in [-0.4, -0.2) is 27.1 Å². The second-order valence-electron chi connectivity index (χ2n) is 5.58. The summed E-state index contributed by atoms with van der Waals surface area (Å²) in [7, 11) is 0. The molecule has 1 saturated carbocycles. The number of aromatic nitrogens is 3. The Morgan fingerprint density at radius 1 is 1.29 bits per heavy atom. The summed E-state index contributed by atoms with van der Waals surface area (Å²) in [5.74, 6) is 1.14. The van der Waals surface area contributed by atoms with Crippen molar-refractivity contribution in [3.63, 3.8) is 0 Å². The number of hydrogen-bond acceptors (Lipinski definition) is 6. The van der Waals surface area contributed by atoms with Crippen molar-refractivity contribution in [3.8, 4) is 11.4 Å². The lowest BCUT2D eigenvalue weighted by Gasteiger charge is -2.14. The lowest BCUT2D eigenvalue weighted by atomic mass is 10.00. The highest BCUT2D eigenvalue weighted by molar-refractivity contribution is 5.85. The first kappa shape index (κ1) is 20.3. The largest absolute Gasteiger partial charge is 0.347 e. The summed E-state index contributed by atoms with van der Waals surface area (Å²) in [6.45, 7) is 0.235. The Morgan fingerprint density at radius 3 is 2.71 bits per heavy atom. The van der Waals surface area contributed by atoms with E-state index >= 15 is 0 Å². The number of nitrogens with two attached hydrogens (primary N) is 1. The molecule has 2 atom stereocenters. The molecule has 24 heavy (non-hydrogen) atoms. The molecule has 0 unspecified atom stereocenters. The smallest absolute Gasteiger partial charge is 0.246 e. The molecule has 2 aromatic heterocycles. The average Bonchev–Trinajstić information content (AvgIpc) is 3.16. The summed E-state index contributed by atoms with van der Waals surface area (Å²) in [5.41, 5.74) is 6.80. The summed E-state index contributed by atoms with van der Waals surface area (Å²) in [4.78, 5) is 20.1. The van der Waals surface area contributed by atoms with Crippen molar-refractivity contribution in [3.05, 3.63) is 30.4 Å². The lowest BCUT2D eigenvalue weighted by molar-refractivity contribution is -0.122. The van der Waals surface area contributed by atoms with Crippen LogP contribution in [0.15, 0.2) is 29.0 Å². The molecule has 0 saturated heterocycles. The number of amides is 1. The van der Waals surface area contributed by atoms with Crippen LogP contribution in [-0.2, 0) is 11.3 Å². The van der Waals surface area contributed by atoms with Gasteiger partial charge in [0.15, 0.2) is 0 Å². The minimum absolute atomic E-state index is 0. The minimum atomic E-state index is -0.0222. The number of pyridine rings is 1. The zero-order valence-electron chi connectivity index (χ0n) is 13.1. The number of carbonyl (C=O) groups excluding carboxylic acids is 1. The van der Waals surface area contributed by atoms with E-state index in [4.69, 9.17) is 10.3 Å². The highest BCUT2D eigenvalue weighted by atomic mass is 35.5. The highest BCUT2D eigenvalue weighted by Gasteiger charge is 2.26. The molecule has 0 spiro atoms. The molecule has 2 aromatic rings. The van der Waals surface area contributed by atoms with Crippen LogP contribution in [0.1, 0.15) is 31.6 Å². The van der Waals surface area contributed by atoms with E-state index in [-0.39, 0.29) is 49.2 Å². The second kappa shape index (κ2) is 9.56. The fourth-order valence-corrected chi connectivity index (χ4v) is 2.75. The summed E-state index contributed by atoms with van der Waals surface area (Å²) in [5, 5.41) is 6.70. The molecule has 1 fully saturated rings. The van der Waals surface area contributed by atoms with E-state index in [9.17, 15) is 4.79 Å². The van der Waals surface area contributed by atoms with E-state index in [1.54, 1.807) is 24.5 Å². The molecule has 3 rings (SSSR count). The van der Waals surface area contributed by atoms with Crippen molar-refractivity contribution in [1.29, 1.82) is 0 Å². The van der Waals surface area contributed by atoms with Gasteiger partial charge in [0, 0.05) is 30.4 Å². The fraction of sp³-hybridized carbons (Fsp3) is 0.467. The van der Waals surface area contributed by atoms with E-state index < -0.39 is 0 Å². The Balaban J connectivity index is 0.00000144. The average molecular weight is 374 g/mol. The third kappa shape index (κ3) is 5.15. The second-order valence-corrected chi connectivity index (χ2v) is 5.58. The van der Waals surface area contributed by atoms with E-state index in [2.05, 4.69) is 20.4 Å². The zero-order valence-corrected chi connectivity index (χ0v) is 14.7. The van der Waals surface area contributed by atoms with Crippen LogP contribution in [0.3, 0.4) is 0 Å². The van der Waals surface area contributed by atoms with Crippen molar-refractivity contribution in [1.82, 2.24) is 20.4 Å². The van der Waals surface area contributed by atoms with Gasteiger partial charge in [-0.25, -0.2) is 0 Å². The number of hydrogen-bond donors (Lipinski definition) is 2. The summed E-state index contributed by atoms with van der Waals surface area (Å²) >= 11 is 0. The van der Waals surface area contributed by atoms with Crippen molar-refractivity contribution in [2.45, 2.75) is 38.3 Å². The summed E-state index contributed by atoms with van der Waals surface area (Å²) in [6.07, 6.45) is 6.94. The molecule has 0 bridgehead atoms. The normalized spacial score (nSPS) is 19.2. The van der Waals surface area contributed by atoms with Gasteiger partial charge in [-0.2, -0.15) is 4.98 Å². The fourth-order valence-electron chi connectivity index (χ4n) is 2.75. The Labute approximate surface area is 152 Å². The predicted molar refractivity (Wildman–Crippen MR) is 93.8 cm³/mol. The third-order valence-corrected chi connectivity index (χ3v) is 4.01. The topological polar surface area (TPSA) is 107 Å². The number of halogens is 2. The van der Waals surface area contributed by atoms with Gasteiger partial charge in [-0.1, -0.05) is 11.6 Å². The Bertz CT molecular complexity index is 638. The van der Waals surface area contributed by atoms with Crippen molar-refractivity contribution < 1.29 is 9.32 Å². The van der Waals surface area contributed by atoms with Crippen LogP contribution in [0.2, 0.25) is 0 Å². The molecule has 0 aromatic carbocycles. The number of carbonyl (C=O) groups is 1. The van der Waals surface area contributed by atoms with E-state index in [0.717, 1.165) is 24.8 Å². The lowest BCUT2D eigenvalue weighted by Crippen LogP contribution is -2.31. The molecule has 7 nitrogen and oxygen atoms in total. The molecular weight excluding hydrogens is 353 g/mol. The number of rotatable bonds is 5. The van der Waals surface area contributed by atoms with Gasteiger partial charge in [-0.05, 0) is 30.9 Å². The SMILES string of the molecule is Cl.Cl.N[C@@H]1CCC[C@H]1CC(=O)NCc1nc(-c2ccncc2)no1. The first-order chi connectivity index (χ1) is 10.7. The first-order valence-electron chi connectivity index (χ1n) is 7.47. The molecule has 9 heteroatoms. The molecule has 3 N–H and O–H groups in total. The zero-order chi connectivity index (χ0) is 15.4. The van der Waals surface area contributed by atoms with Gasteiger partial charge in [0.1, 0.15) is 0 Å². The Kier molecular flexibility index (Phi) is 8.10. The van der Waals surface area contributed by atoms with Crippen LogP contribution in [0.25, 0.3) is 11.4 Å². The standard InChI is InChI=1S/C15H19N5O2.2ClH/c16-12-3-1-2-11(12)8-13(21)18-9-14-19-15(20-22-14)10-4-6-17-7-5-10;;/h4-7,11-12H,1-3,8-9,16H2,(H,18,21);2*1H/t11-,12+;;/m0../s1. The number of nitrogens with zero attached hydrogens (tertiary/aromatic N) is 3. The predicted octanol–water partition coefficient (Wildman–Crippen LogP) is 2.11.